The number of nitrogens with zero attached hydrogens (tertiary/aromatic N) is 1. The van der Waals surface area contributed by atoms with Crippen molar-refractivity contribution in [3.05, 3.63) is 65.7 Å². The second-order valence-electron chi connectivity index (χ2n) is 7.99. The van der Waals surface area contributed by atoms with Crippen LogP contribution in [-0.2, 0) is 20.3 Å². The molecule has 1 amide bonds. The number of hydrogen-bond donors (Lipinski definition) is 3. The van der Waals surface area contributed by atoms with Gasteiger partial charge in [0, 0.05) is 12.0 Å². The Morgan fingerprint density at radius 2 is 1.68 bits per heavy atom. The molecule has 0 aliphatic heterocycles. The first-order valence-corrected chi connectivity index (χ1v) is 11.1. The monoisotopic (exact) mass is 451 g/mol. The molecule has 10 heteroatoms. The summed E-state index contributed by atoms with van der Waals surface area (Å²) < 4.78 is 22.6. The third kappa shape index (κ3) is 8.90. The van der Waals surface area contributed by atoms with Crippen LogP contribution in [-0.4, -0.2) is 66.7 Å². The molecule has 168 valence electrons. The molecule has 0 aromatic heterocycles. The lowest BCUT2D eigenvalue weighted by Crippen LogP contribution is -2.42. The van der Waals surface area contributed by atoms with Gasteiger partial charge in [0.2, 0.25) is 0 Å². The van der Waals surface area contributed by atoms with Crippen molar-refractivity contribution in [2.75, 3.05) is 34.3 Å². The van der Waals surface area contributed by atoms with Gasteiger partial charge in [-0.05, 0) is 29.8 Å². The van der Waals surface area contributed by atoms with Crippen LogP contribution < -0.4 is 9.84 Å². The summed E-state index contributed by atoms with van der Waals surface area (Å²) in [6.07, 6.45) is 0.140. The molecule has 0 fully saturated rings. The number of quaternary nitrogens is 1. The number of carboxylic acid groups (broad SMARTS) is 1. The number of phosphoric ester groups is 1. The summed E-state index contributed by atoms with van der Waals surface area (Å²) in [5.41, 5.74) is 0.966. The smallest absolute Gasteiger partial charge is 0.480 e. The molecule has 2 unspecified atom stereocenters. The molecule has 0 aliphatic rings. The van der Waals surface area contributed by atoms with Crippen molar-refractivity contribution >= 4 is 19.7 Å². The minimum absolute atomic E-state index is 0.0375. The number of aliphatic carboxylic acids is 1. The van der Waals surface area contributed by atoms with Crippen LogP contribution in [0.5, 0.6) is 5.75 Å². The first-order valence-electron chi connectivity index (χ1n) is 9.60. The number of carboxylic acids is 1. The van der Waals surface area contributed by atoms with Gasteiger partial charge in [0.25, 0.3) is 5.91 Å². The Balaban J connectivity index is 1.96. The predicted octanol–water partition coefficient (Wildman–Crippen LogP) is 2.31. The quantitative estimate of drug-likeness (QED) is 0.354. The summed E-state index contributed by atoms with van der Waals surface area (Å²) in [6.45, 7) is 0.552. The summed E-state index contributed by atoms with van der Waals surface area (Å²) >= 11 is 0. The van der Waals surface area contributed by atoms with Crippen LogP contribution in [0.15, 0.2) is 54.6 Å². The largest absolute Gasteiger partial charge is 0.527 e. The van der Waals surface area contributed by atoms with E-state index in [-0.39, 0.29) is 24.3 Å². The molecular weight excluding hydrogens is 423 g/mol. The van der Waals surface area contributed by atoms with Gasteiger partial charge in [-0.3, -0.25) is 14.2 Å². The molecule has 0 heterocycles. The lowest BCUT2D eigenvalue weighted by atomic mass is 10.1. The third-order valence-corrected chi connectivity index (χ3v) is 5.19. The first-order chi connectivity index (χ1) is 14.5. The molecule has 0 saturated heterocycles. The molecule has 9 nitrogen and oxygen atoms in total. The lowest BCUT2D eigenvalue weighted by Gasteiger charge is -2.24. The van der Waals surface area contributed by atoms with Crippen molar-refractivity contribution in [1.82, 2.24) is 5.32 Å². The fraction of sp³-hybridized carbons (Fsp3) is 0.333. The molecule has 0 aliphatic carbocycles. The van der Waals surface area contributed by atoms with E-state index in [4.69, 9.17) is 9.05 Å². The number of carbonyl (C=O) groups is 2. The highest BCUT2D eigenvalue weighted by Gasteiger charge is 2.25. The van der Waals surface area contributed by atoms with Gasteiger partial charge < -0.3 is 19.4 Å². The summed E-state index contributed by atoms with van der Waals surface area (Å²) in [4.78, 5) is 33.8. The molecule has 31 heavy (non-hydrogen) atoms. The third-order valence-electron chi connectivity index (χ3n) is 4.24. The van der Waals surface area contributed by atoms with Crippen molar-refractivity contribution in [2.24, 2.45) is 0 Å². The highest BCUT2D eigenvalue weighted by molar-refractivity contribution is 7.47. The topological polar surface area (TPSA) is 122 Å². The van der Waals surface area contributed by atoms with E-state index in [0.29, 0.717) is 11.0 Å². The molecule has 2 aromatic carbocycles. The maximum Gasteiger partial charge on any atom is 0.527 e. The molecule has 0 spiro atoms. The molecule has 2 atom stereocenters. The highest BCUT2D eigenvalue weighted by Crippen LogP contribution is 2.43. The average Bonchev–Trinajstić information content (AvgIpc) is 2.67. The van der Waals surface area contributed by atoms with Crippen molar-refractivity contribution < 1.29 is 37.7 Å². The van der Waals surface area contributed by atoms with Crippen molar-refractivity contribution in [3.8, 4) is 5.75 Å². The molecule has 0 radical (unpaired) electrons. The normalized spacial score (nSPS) is 14.3. The Hall–Kier alpha value is -2.71. The van der Waals surface area contributed by atoms with Crippen LogP contribution >= 0.6 is 7.82 Å². The van der Waals surface area contributed by atoms with Gasteiger partial charge in [-0.1, -0.05) is 30.3 Å². The molecular formula is C21H28N2O7P+. The Morgan fingerprint density at radius 1 is 1.06 bits per heavy atom. The highest BCUT2D eigenvalue weighted by atomic mass is 31.2. The number of rotatable bonds is 11. The predicted molar refractivity (Wildman–Crippen MR) is 115 cm³/mol. The number of phosphoric acid groups is 1. The number of likely N-dealkylation sites (N-methyl/N-ethyl adjacent to an activating group) is 1. The van der Waals surface area contributed by atoms with Crippen molar-refractivity contribution in [3.63, 3.8) is 0 Å². The van der Waals surface area contributed by atoms with E-state index in [9.17, 15) is 24.2 Å². The van der Waals surface area contributed by atoms with Crippen molar-refractivity contribution in [2.45, 2.75) is 12.5 Å². The first kappa shape index (κ1) is 24.6. The zero-order chi connectivity index (χ0) is 23.1. The Labute approximate surface area is 181 Å². The summed E-state index contributed by atoms with van der Waals surface area (Å²) in [7, 11) is 1.46. The fourth-order valence-corrected chi connectivity index (χ4v) is 3.30. The van der Waals surface area contributed by atoms with Gasteiger partial charge in [0.1, 0.15) is 24.9 Å². The fourth-order valence-electron chi connectivity index (χ4n) is 2.55. The van der Waals surface area contributed by atoms with E-state index in [2.05, 4.69) is 5.32 Å². The van der Waals surface area contributed by atoms with E-state index in [1.807, 2.05) is 27.2 Å². The van der Waals surface area contributed by atoms with Gasteiger partial charge >= 0.3 is 13.8 Å². The number of benzene rings is 2. The minimum atomic E-state index is -4.30. The minimum Gasteiger partial charge on any atom is -0.480 e. The van der Waals surface area contributed by atoms with Gasteiger partial charge in [-0.25, -0.2) is 9.36 Å². The van der Waals surface area contributed by atoms with Crippen molar-refractivity contribution in [1.29, 1.82) is 0 Å². The zero-order valence-electron chi connectivity index (χ0n) is 17.7. The van der Waals surface area contributed by atoms with Gasteiger partial charge in [0.05, 0.1) is 21.1 Å². The Morgan fingerprint density at radius 3 is 2.23 bits per heavy atom. The molecule has 3 N–H and O–H groups in total. The van der Waals surface area contributed by atoms with Crippen LogP contribution in [0.2, 0.25) is 0 Å². The zero-order valence-corrected chi connectivity index (χ0v) is 18.6. The summed E-state index contributed by atoms with van der Waals surface area (Å²) in [5.74, 6) is -1.68. The van der Waals surface area contributed by atoms with E-state index in [0.717, 1.165) is 5.56 Å². The van der Waals surface area contributed by atoms with Crippen LogP contribution in [0.1, 0.15) is 15.9 Å². The number of hydrogen-bond acceptors (Lipinski definition) is 5. The SMILES string of the molecule is C[N+](C)(C)CCOP(=O)(O)Oc1ccc(C(=O)NC(Cc2ccccc2)C(=O)O)cc1. The van der Waals surface area contributed by atoms with E-state index in [1.54, 1.807) is 24.3 Å². The van der Waals surface area contributed by atoms with Crippen LogP contribution in [0, 0.1) is 0 Å². The van der Waals surface area contributed by atoms with Gasteiger partial charge in [0.15, 0.2) is 0 Å². The van der Waals surface area contributed by atoms with Gasteiger partial charge in [-0.15, -0.1) is 0 Å². The van der Waals surface area contributed by atoms with Gasteiger partial charge in [-0.2, -0.15) is 0 Å². The second kappa shape index (κ2) is 10.5. The Kier molecular flexibility index (Phi) is 8.36. The number of nitrogens with one attached hydrogen (secondary N) is 1. The van der Waals surface area contributed by atoms with E-state index < -0.39 is 25.7 Å². The maximum atomic E-state index is 12.4. The van der Waals surface area contributed by atoms with Crippen LogP contribution in [0.3, 0.4) is 0 Å². The number of carbonyl (C=O) groups excluding carboxylic acids is 1. The summed E-state index contributed by atoms with van der Waals surface area (Å²) in [5, 5.41) is 11.9. The lowest BCUT2D eigenvalue weighted by molar-refractivity contribution is -0.870. The van der Waals surface area contributed by atoms with E-state index >= 15 is 0 Å². The van der Waals surface area contributed by atoms with Crippen LogP contribution in [0.25, 0.3) is 0 Å². The van der Waals surface area contributed by atoms with E-state index in [1.165, 1.54) is 24.3 Å². The summed E-state index contributed by atoms with van der Waals surface area (Å²) in [6, 6.07) is 13.3. The maximum absolute atomic E-state index is 12.4. The molecule has 0 saturated carbocycles. The standard InChI is InChI=1S/C21H27N2O7P/c1-23(2,3)13-14-29-31(27,28)30-18-11-9-17(10-12-18)20(24)22-19(21(25)26)15-16-7-5-4-6-8-16/h4-12,19H,13-15H2,1-3H3,(H2-,22,24,25,26,27,28)/p+1. The molecule has 2 aromatic rings. The average molecular weight is 451 g/mol. The second-order valence-corrected chi connectivity index (χ2v) is 9.36. The Bertz CT molecular complexity index is 927. The molecule has 2 rings (SSSR count). The molecule has 0 bridgehead atoms. The number of amides is 1. The van der Waals surface area contributed by atoms with Crippen LogP contribution in [0.4, 0.5) is 0 Å².